The quantitative estimate of drug-likeness (QED) is 0.539. The zero-order chi connectivity index (χ0) is 10.8. The molecule has 0 N–H and O–H groups in total. The van der Waals surface area contributed by atoms with Crippen molar-refractivity contribution in [2.75, 3.05) is 0 Å². The summed E-state index contributed by atoms with van der Waals surface area (Å²) in [5, 5.41) is 33.8. The third kappa shape index (κ3) is 1.17. The Kier molecular flexibility index (Phi) is 2.33. The average molecular weight is 207 g/mol. The van der Waals surface area contributed by atoms with Crippen LogP contribution in [0.3, 0.4) is 0 Å². The van der Waals surface area contributed by atoms with E-state index in [1.807, 2.05) is 0 Å². The lowest BCUT2D eigenvalue weighted by molar-refractivity contribution is 0.0222. The Morgan fingerprint density at radius 2 is 1.57 bits per heavy atom. The summed E-state index contributed by atoms with van der Waals surface area (Å²) in [4.78, 5) is 0. The molecule has 1 atom stereocenters. The molecule has 1 aliphatic rings. The normalized spacial score (nSPS) is 26.5. The van der Waals surface area contributed by atoms with Crippen LogP contribution in [0.5, 0.6) is 0 Å². The Labute approximate surface area is 85.3 Å². The lowest BCUT2D eigenvalue weighted by atomic mass is 9.99. The van der Waals surface area contributed by atoms with Crippen molar-refractivity contribution in [2.24, 2.45) is 0 Å². The van der Waals surface area contributed by atoms with Crippen LogP contribution in [0.15, 0.2) is 0 Å². The molecule has 0 spiro atoms. The van der Waals surface area contributed by atoms with Crippen molar-refractivity contribution in [3.05, 3.63) is 0 Å². The number of rotatable bonds is 0. The van der Waals surface area contributed by atoms with Crippen LogP contribution >= 0.6 is 11.6 Å². The summed E-state index contributed by atoms with van der Waals surface area (Å²) in [5.74, 6) is 0. The molecule has 0 bridgehead atoms. The first-order chi connectivity index (χ1) is 6.58. The second-order valence-corrected chi connectivity index (χ2v) is 3.31. The highest BCUT2D eigenvalue weighted by atomic mass is 35.5. The molecule has 0 radical (unpaired) electrons. The van der Waals surface area contributed by atoms with Crippen LogP contribution in [-0.2, 0) is 4.74 Å². The maximum atomic E-state index is 8.71. The van der Waals surface area contributed by atoms with Crippen molar-refractivity contribution < 1.29 is 4.74 Å². The summed E-state index contributed by atoms with van der Waals surface area (Å²) in [6.07, 6.45) is -0.150. The fraction of sp³-hybridized carbons (Fsp3) is 0.500. The van der Waals surface area contributed by atoms with Crippen molar-refractivity contribution in [2.45, 2.75) is 23.0 Å². The summed E-state index contributed by atoms with van der Waals surface area (Å²) < 4.78 is 4.87. The third-order valence-electron chi connectivity index (χ3n) is 1.94. The van der Waals surface area contributed by atoms with Crippen LogP contribution in [0.4, 0.5) is 0 Å². The van der Waals surface area contributed by atoms with E-state index in [-0.39, 0.29) is 6.42 Å². The van der Waals surface area contributed by atoms with Crippen LogP contribution in [0, 0.1) is 45.3 Å². The highest BCUT2D eigenvalue weighted by Crippen LogP contribution is 2.40. The average Bonchev–Trinajstić information content (AvgIpc) is 2.53. The molecule has 0 aliphatic carbocycles. The van der Waals surface area contributed by atoms with Gasteiger partial charge in [-0.2, -0.15) is 21.0 Å². The van der Waals surface area contributed by atoms with Gasteiger partial charge in [0.25, 0.3) is 5.60 Å². The molecule has 68 valence electrons. The Bertz CT molecular complexity index is 391. The Morgan fingerprint density at radius 3 is 1.79 bits per heavy atom. The topological polar surface area (TPSA) is 104 Å². The lowest BCUT2D eigenvalue weighted by Gasteiger charge is -2.15. The first-order valence-electron chi connectivity index (χ1n) is 3.57. The van der Waals surface area contributed by atoms with Crippen molar-refractivity contribution in [1.82, 2.24) is 0 Å². The number of halogens is 1. The predicted octanol–water partition coefficient (Wildman–Crippen LogP) is 0.586. The SMILES string of the molecule is N#CC1(C#N)CC(Cl)C(C#N)(C#N)O1. The van der Waals surface area contributed by atoms with Crippen LogP contribution in [0.1, 0.15) is 6.42 Å². The van der Waals surface area contributed by atoms with Gasteiger partial charge in [-0.25, -0.2) is 0 Å². The molecular weight excluding hydrogens is 204 g/mol. The first kappa shape index (κ1) is 10.3. The molecule has 1 heterocycles. The van der Waals surface area contributed by atoms with Crippen LogP contribution in [0.2, 0.25) is 0 Å². The number of nitrogens with zero attached hydrogens (tertiary/aromatic N) is 4. The van der Waals surface area contributed by atoms with Gasteiger partial charge in [0, 0.05) is 6.42 Å². The van der Waals surface area contributed by atoms with Crippen molar-refractivity contribution >= 4 is 11.6 Å². The van der Waals surface area contributed by atoms with E-state index in [4.69, 9.17) is 37.4 Å². The van der Waals surface area contributed by atoms with Crippen molar-refractivity contribution in [3.63, 3.8) is 0 Å². The largest absolute Gasteiger partial charge is 0.311 e. The molecule has 14 heavy (non-hydrogen) atoms. The van der Waals surface area contributed by atoms with Crippen LogP contribution < -0.4 is 0 Å². The second kappa shape index (κ2) is 3.17. The summed E-state index contributed by atoms with van der Waals surface area (Å²) in [6, 6.07) is 6.39. The molecule has 1 saturated heterocycles. The minimum atomic E-state index is -1.90. The van der Waals surface area contributed by atoms with E-state index in [0.717, 1.165) is 0 Å². The lowest BCUT2D eigenvalue weighted by Crippen LogP contribution is -2.34. The molecule has 1 rings (SSSR count). The molecule has 1 aliphatic heterocycles. The number of hydrogen-bond donors (Lipinski definition) is 0. The number of ether oxygens (including phenoxy) is 1. The van der Waals surface area contributed by atoms with Gasteiger partial charge in [-0.3, -0.25) is 0 Å². The van der Waals surface area contributed by atoms with Gasteiger partial charge in [-0.05, 0) is 0 Å². The molecule has 0 aromatic heterocycles. The molecule has 1 fully saturated rings. The summed E-state index contributed by atoms with van der Waals surface area (Å²) in [5.41, 5.74) is -3.68. The number of hydrogen-bond acceptors (Lipinski definition) is 5. The Balaban J connectivity index is 3.16. The van der Waals surface area contributed by atoms with Gasteiger partial charge in [0.2, 0.25) is 5.60 Å². The van der Waals surface area contributed by atoms with Crippen molar-refractivity contribution in [1.29, 1.82) is 21.0 Å². The van der Waals surface area contributed by atoms with E-state index >= 15 is 0 Å². The van der Waals surface area contributed by atoms with Gasteiger partial charge in [0.05, 0.1) is 5.38 Å². The van der Waals surface area contributed by atoms with Crippen molar-refractivity contribution in [3.8, 4) is 24.3 Å². The fourth-order valence-electron chi connectivity index (χ4n) is 1.15. The predicted molar refractivity (Wildman–Crippen MR) is 43.3 cm³/mol. The highest BCUT2D eigenvalue weighted by molar-refractivity contribution is 6.22. The summed E-state index contributed by atoms with van der Waals surface area (Å²) >= 11 is 5.70. The van der Waals surface area contributed by atoms with Gasteiger partial charge in [0.15, 0.2) is 0 Å². The smallest absolute Gasteiger partial charge is 0.260 e. The van der Waals surface area contributed by atoms with Gasteiger partial charge < -0.3 is 4.74 Å². The molecule has 5 nitrogen and oxygen atoms in total. The Morgan fingerprint density at radius 1 is 1.07 bits per heavy atom. The molecule has 0 aromatic rings. The standard InChI is InChI=1S/C8H3ClN4O/c9-6-1-7(2-10,3-11)14-8(6,4-12)5-13/h6H,1H2. The van der Waals surface area contributed by atoms with E-state index in [2.05, 4.69) is 0 Å². The third-order valence-corrected chi connectivity index (χ3v) is 2.40. The second-order valence-electron chi connectivity index (χ2n) is 2.78. The molecule has 1 unspecified atom stereocenters. The van der Waals surface area contributed by atoms with Gasteiger partial charge in [-0.15, -0.1) is 11.6 Å². The summed E-state index contributed by atoms with van der Waals surface area (Å²) in [7, 11) is 0. The highest BCUT2D eigenvalue weighted by Gasteiger charge is 2.58. The van der Waals surface area contributed by atoms with Gasteiger partial charge in [-0.1, -0.05) is 0 Å². The van der Waals surface area contributed by atoms with E-state index in [9.17, 15) is 0 Å². The van der Waals surface area contributed by atoms with E-state index in [1.165, 1.54) is 0 Å². The first-order valence-corrected chi connectivity index (χ1v) is 4.01. The van der Waals surface area contributed by atoms with Crippen LogP contribution in [-0.4, -0.2) is 16.6 Å². The number of nitriles is 4. The molecule has 0 saturated carbocycles. The number of alkyl halides is 1. The minimum absolute atomic E-state index is 0.150. The Hall–Kier alpha value is -1.79. The summed E-state index contributed by atoms with van der Waals surface area (Å²) in [6.45, 7) is 0. The fourth-order valence-corrected chi connectivity index (χ4v) is 1.51. The zero-order valence-corrected chi connectivity index (χ0v) is 7.62. The molecule has 0 aromatic carbocycles. The van der Waals surface area contributed by atoms with Gasteiger partial charge in [0.1, 0.15) is 24.3 Å². The van der Waals surface area contributed by atoms with E-state index in [0.29, 0.717) is 0 Å². The van der Waals surface area contributed by atoms with E-state index < -0.39 is 16.6 Å². The van der Waals surface area contributed by atoms with Gasteiger partial charge >= 0.3 is 0 Å². The maximum Gasteiger partial charge on any atom is 0.260 e. The molecule has 0 amide bonds. The van der Waals surface area contributed by atoms with Crippen LogP contribution in [0.25, 0.3) is 0 Å². The molecular formula is C8H3ClN4O. The maximum absolute atomic E-state index is 8.71. The van der Waals surface area contributed by atoms with E-state index in [1.54, 1.807) is 24.3 Å². The monoisotopic (exact) mass is 206 g/mol. The minimum Gasteiger partial charge on any atom is -0.311 e. The molecule has 6 heteroatoms. The zero-order valence-electron chi connectivity index (χ0n) is 6.86.